The number of hydrogen-bond donors (Lipinski definition) is 1. The van der Waals surface area contributed by atoms with Crippen molar-refractivity contribution in [2.45, 2.75) is 39.3 Å². The molecule has 158 valence electrons. The minimum absolute atomic E-state index is 0.158. The minimum Gasteiger partial charge on any atom is -0.383 e. The maximum absolute atomic E-state index is 12.9. The van der Waals surface area contributed by atoms with Crippen molar-refractivity contribution >= 4 is 11.7 Å². The van der Waals surface area contributed by atoms with Gasteiger partial charge in [-0.05, 0) is 11.6 Å². The minimum atomic E-state index is -0.296. The van der Waals surface area contributed by atoms with Gasteiger partial charge in [0, 0.05) is 37.4 Å². The Hall–Kier alpha value is -3.19. The highest BCUT2D eigenvalue weighted by molar-refractivity contribution is 6.03. The van der Waals surface area contributed by atoms with Crippen molar-refractivity contribution in [1.29, 1.82) is 0 Å². The first-order valence-electron chi connectivity index (χ1n) is 9.91. The number of carbonyl (C=O) groups is 1. The van der Waals surface area contributed by atoms with Gasteiger partial charge in [-0.3, -0.25) is 9.59 Å². The number of hydrogen-bond acceptors (Lipinski definition) is 4. The molecular weight excluding hydrogens is 380 g/mol. The number of benzene rings is 1. The van der Waals surface area contributed by atoms with E-state index in [9.17, 15) is 9.59 Å². The highest BCUT2D eigenvalue weighted by atomic mass is 16.5. The summed E-state index contributed by atoms with van der Waals surface area (Å²) < 4.78 is 8.30. The molecule has 1 aromatic carbocycles. The molecule has 3 aromatic rings. The molecule has 7 heteroatoms. The monoisotopic (exact) mass is 408 g/mol. The average Bonchev–Trinajstić information content (AvgIpc) is 3.11. The molecule has 0 saturated heterocycles. The van der Waals surface area contributed by atoms with Crippen LogP contribution in [0.15, 0.2) is 59.5 Å². The van der Waals surface area contributed by atoms with E-state index in [1.54, 1.807) is 18.0 Å². The molecule has 0 spiro atoms. The molecule has 0 unspecified atom stereocenters. The molecule has 0 radical (unpaired) electrons. The number of rotatable bonds is 7. The molecule has 0 saturated carbocycles. The van der Waals surface area contributed by atoms with Gasteiger partial charge >= 0.3 is 0 Å². The normalized spacial score (nSPS) is 11.5. The van der Waals surface area contributed by atoms with Gasteiger partial charge in [0.1, 0.15) is 5.82 Å². The van der Waals surface area contributed by atoms with Crippen LogP contribution >= 0.6 is 0 Å². The maximum Gasteiger partial charge on any atom is 0.258 e. The van der Waals surface area contributed by atoms with Crippen LogP contribution in [0.25, 0.3) is 0 Å². The van der Waals surface area contributed by atoms with E-state index in [4.69, 9.17) is 9.84 Å². The number of nitrogens with zero attached hydrogens (tertiary/aromatic N) is 3. The standard InChI is InChI=1S/C23H28N4O3/c1-23(2,3)19-14-20(27(25-19)15-17-8-6-5-7-9-17)24-22(29)18-10-11-21(28)26(16-18)12-13-30-4/h5-11,14,16H,12-13,15H2,1-4H3,(H,24,29). The number of methoxy groups -OCH3 is 1. The second kappa shape index (κ2) is 9.09. The van der Waals surface area contributed by atoms with Crippen molar-refractivity contribution in [1.82, 2.24) is 14.3 Å². The summed E-state index contributed by atoms with van der Waals surface area (Å²) in [6.45, 7) is 7.57. The van der Waals surface area contributed by atoms with Crippen LogP contribution in [0.2, 0.25) is 0 Å². The topological polar surface area (TPSA) is 78.2 Å². The fourth-order valence-electron chi connectivity index (χ4n) is 2.98. The zero-order valence-electron chi connectivity index (χ0n) is 17.9. The summed E-state index contributed by atoms with van der Waals surface area (Å²) in [5.74, 6) is 0.319. The van der Waals surface area contributed by atoms with Crippen molar-refractivity contribution in [3.05, 3.63) is 81.9 Å². The lowest BCUT2D eigenvalue weighted by molar-refractivity contribution is 0.102. The molecule has 2 heterocycles. The van der Waals surface area contributed by atoms with E-state index >= 15 is 0 Å². The molecule has 3 rings (SSSR count). The van der Waals surface area contributed by atoms with Gasteiger partial charge in [0.25, 0.3) is 11.5 Å². The van der Waals surface area contributed by atoms with E-state index in [1.807, 2.05) is 36.4 Å². The van der Waals surface area contributed by atoms with Crippen LogP contribution in [0.1, 0.15) is 42.4 Å². The van der Waals surface area contributed by atoms with Gasteiger partial charge in [-0.15, -0.1) is 0 Å². The molecule has 2 aromatic heterocycles. The molecule has 1 amide bonds. The van der Waals surface area contributed by atoms with Crippen molar-refractivity contribution in [3.8, 4) is 0 Å². The first kappa shape index (κ1) is 21.5. The Kier molecular flexibility index (Phi) is 6.52. The first-order valence-corrected chi connectivity index (χ1v) is 9.91. The van der Waals surface area contributed by atoms with Crippen LogP contribution in [0, 0.1) is 0 Å². The van der Waals surface area contributed by atoms with Crippen molar-refractivity contribution in [2.75, 3.05) is 19.0 Å². The number of amides is 1. The predicted octanol–water partition coefficient (Wildman–Crippen LogP) is 3.29. The summed E-state index contributed by atoms with van der Waals surface area (Å²) in [5, 5.41) is 7.68. The Morgan fingerprint density at radius 3 is 2.53 bits per heavy atom. The average molecular weight is 409 g/mol. The number of ether oxygens (including phenoxy) is 1. The van der Waals surface area contributed by atoms with E-state index in [1.165, 1.54) is 16.7 Å². The van der Waals surface area contributed by atoms with E-state index in [0.717, 1.165) is 11.3 Å². The largest absolute Gasteiger partial charge is 0.383 e. The lowest BCUT2D eigenvalue weighted by atomic mass is 9.92. The molecule has 0 aliphatic carbocycles. The zero-order chi connectivity index (χ0) is 21.7. The van der Waals surface area contributed by atoms with Gasteiger partial charge in [0.15, 0.2) is 0 Å². The molecule has 0 atom stereocenters. The van der Waals surface area contributed by atoms with E-state index in [-0.39, 0.29) is 16.9 Å². The van der Waals surface area contributed by atoms with Crippen LogP contribution < -0.4 is 10.9 Å². The molecule has 30 heavy (non-hydrogen) atoms. The van der Waals surface area contributed by atoms with E-state index in [0.29, 0.717) is 31.1 Å². The maximum atomic E-state index is 12.9. The fourth-order valence-corrected chi connectivity index (χ4v) is 2.98. The van der Waals surface area contributed by atoms with Gasteiger partial charge in [-0.25, -0.2) is 4.68 Å². The number of aromatic nitrogens is 3. The highest BCUT2D eigenvalue weighted by Gasteiger charge is 2.21. The Balaban J connectivity index is 1.88. The summed E-state index contributed by atoms with van der Waals surface area (Å²) in [4.78, 5) is 24.9. The Morgan fingerprint density at radius 2 is 1.87 bits per heavy atom. The summed E-state index contributed by atoms with van der Waals surface area (Å²) in [6, 6.07) is 14.8. The van der Waals surface area contributed by atoms with Crippen molar-refractivity contribution in [3.63, 3.8) is 0 Å². The third-order valence-corrected chi connectivity index (χ3v) is 4.75. The number of carbonyl (C=O) groups excluding carboxylic acids is 1. The highest BCUT2D eigenvalue weighted by Crippen LogP contribution is 2.25. The predicted molar refractivity (Wildman–Crippen MR) is 117 cm³/mol. The third kappa shape index (κ3) is 5.24. The lowest BCUT2D eigenvalue weighted by Gasteiger charge is -2.14. The van der Waals surface area contributed by atoms with Gasteiger partial charge in [0.2, 0.25) is 0 Å². The van der Waals surface area contributed by atoms with Gasteiger partial charge in [-0.2, -0.15) is 5.10 Å². The molecule has 0 aliphatic rings. The fraction of sp³-hybridized carbons (Fsp3) is 0.348. The van der Waals surface area contributed by atoms with Gasteiger partial charge < -0.3 is 14.6 Å². The second-order valence-electron chi connectivity index (χ2n) is 8.20. The van der Waals surface area contributed by atoms with E-state index < -0.39 is 0 Å². The zero-order valence-corrected chi connectivity index (χ0v) is 17.9. The molecule has 0 fully saturated rings. The number of anilines is 1. The molecule has 1 N–H and O–H groups in total. The SMILES string of the molecule is COCCn1cc(C(=O)Nc2cc(C(C)(C)C)nn2Cc2ccccc2)ccc1=O. The molecular formula is C23H28N4O3. The quantitative estimate of drug-likeness (QED) is 0.651. The van der Waals surface area contributed by atoms with Crippen LogP contribution in [-0.4, -0.2) is 34.0 Å². The van der Waals surface area contributed by atoms with Crippen LogP contribution in [0.5, 0.6) is 0 Å². The second-order valence-corrected chi connectivity index (χ2v) is 8.20. The molecule has 0 aliphatic heterocycles. The van der Waals surface area contributed by atoms with Crippen molar-refractivity contribution in [2.24, 2.45) is 0 Å². The first-order chi connectivity index (χ1) is 14.3. The summed E-state index contributed by atoms with van der Waals surface area (Å²) >= 11 is 0. The lowest BCUT2D eigenvalue weighted by Crippen LogP contribution is -2.24. The van der Waals surface area contributed by atoms with Crippen LogP contribution in [-0.2, 0) is 23.2 Å². The summed E-state index contributed by atoms with van der Waals surface area (Å²) in [5.41, 5.74) is 2.04. The smallest absolute Gasteiger partial charge is 0.258 e. The molecule has 0 bridgehead atoms. The van der Waals surface area contributed by atoms with Gasteiger partial charge in [-0.1, -0.05) is 51.1 Å². The van der Waals surface area contributed by atoms with Crippen molar-refractivity contribution < 1.29 is 9.53 Å². The van der Waals surface area contributed by atoms with Crippen LogP contribution in [0.3, 0.4) is 0 Å². The Labute approximate surface area is 176 Å². The summed E-state index contributed by atoms with van der Waals surface area (Å²) in [7, 11) is 1.57. The van der Waals surface area contributed by atoms with E-state index in [2.05, 4.69) is 26.1 Å². The van der Waals surface area contributed by atoms with Crippen LogP contribution in [0.4, 0.5) is 5.82 Å². The Morgan fingerprint density at radius 1 is 1.13 bits per heavy atom. The third-order valence-electron chi connectivity index (χ3n) is 4.75. The summed E-state index contributed by atoms with van der Waals surface area (Å²) in [6.07, 6.45) is 1.55. The Bertz CT molecular complexity index is 1060. The number of nitrogens with one attached hydrogen (secondary N) is 1. The number of pyridine rings is 1. The molecule has 7 nitrogen and oxygen atoms in total. The van der Waals surface area contributed by atoms with Gasteiger partial charge in [0.05, 0.1) is 24.4 Å².